The van der Waals surface area contributed by atoms with Crippen molar-refractivity contribution in [1.82, 2.24) is 9.61 Å². The first kappa shape index (κ1) is 7.31. The number of rotatable bonds is 2. The van der Waals surface area contributed by atoms with Gasteiger partial charge in [-0.25, -0.2) is 4.52 Å². The van der Waals surface area contributed by atoms with Crippen LogP contribution in [0.25, 0.3) is 5.52 Å². The van der Waals surface area contributed by atoms with Crippen LogP contribution in [0.15, 0.2) is 30.5 Å². The predicted molar refractivity (Wildman–Crippen MR) is 48.0 cm³/mol. The van der Waals surface area contributed by atoms with Crippen molar-refractivity contribution in [3.8, 4) is 0 Å². The highest BCUT2D eigenvalue weighted by molar-refractivity contribution is 5.46. The van der Waals surface area contributed by atoms with Gasteiger partial charge in [0, 0.05) is 18.3 Å². The summed E-state index contributed by atoms with van der Waals surface area (Å²) in [6.07, 6.45) is 2.67. The Morgan fingerprint density at radius 1 is 1.33 bits per heavy atom. The van der Waals surface area contributed by atoms with Crippen molar-refractivity contribution in [2.75, 3.05) is 6.54 Å². The van der Waals surface area contributed by atoms with E-state index in [9.17, 15) is 0 Å². The molecule has 3 nitrogen and oxygen atoms in total. The summed E-state index contributed by atoms with van der Waals surface area (Å²) in [7, 11) is 0. The fourth-order valence-corrected chi connectivity index (χ4v) is 1.35. The van der Waals surface area contributed by atoms with Crippen molar-refractivity contribution in [2.45, 2.75) is 6.42 Å². The normalized spacial score (nSPS) is 10.8. The third kappa shape index (κ3) is 1.08. The average molecular weight is 161 g/mol. The van der Waals surface area contributed by atoms with Crippen molar-refractivity contribution in [1.29, 1.82) is 0 Å². The largest absolute Gasteiger partial charge is 0.330 e. The standard InChI is InChI=1S/C9H11N3/c10-6-4-8-2-1-3-9-5-7-11-12(8)9/h1-3,5,7H,4,6,10H2. The lowest BCUT2D eigenvalue weighted by molar-refractivity contribution is 0.828. The van der Waals surface area contributed by atoms with Crippen LogP contribution in [0.5, 0.6) is 0 Å². The average Bonchev–Trinajstić information content (AvgIpc) is 2.53. The molecule has 0 amide bonds. The first-order valence-corrected chi connectivity index (χ1v) is 4.03. The molecule has 2 heterocycles. The molecule has 2 N–H and O–H groups in total. The van der Waals surface area contributed by atoms with Crippen LogP contribution in [0.2, 0.25) is 0 Å². The van der Waals surface area contributed by atoms with E-state index in [-0.39, 0.29) is 0 Å². The second kappa shape index (κ2) is 2.95. The fourth-order valence-electron chi connectivity index (χ4n) is 1.35. The number of hydrogen-bond acceptors (Lipinski definition) is 2. The monoisotopic (exact) mass is 161 g/mol. The maximum Gasteiger partial charge on any atom is 0.0664 e. The van der Waals surface area contributed by atoms with E-state index < -0.39 is 0 Å². The maximum absolute atomic E-state index is 5.48. The maximum atomic E-state index is 5.48. The molecule has 0 radical (unpaired) electrons. The summed E-state index contributed by atoms with van der Waals surface area (Å²) in [6.45, 7) is 0.666. The summed E-state index contributed by atoms with van der Waals surface area (Å²) in [6, 6.07) is 8.10. The van der Waals surface area contributed by atoms with E-state index in [1.165, 1.54) is 5.69 Å². The zero-order chi connectivity index (χ0) is 8.39. The summed E-state index contributed by atoms with van der Waals surface area (Å²) in [4.78, 5) is 0. The number of aromatic nitrogens is 2. The second-order valence-electron chi connectivity index (χ2n) is 2.72. The molecule has 0 unspecified atom stereocenters. The summed E-state index contributed by atoms with van der Waals surface area (Å²) in [5.41, 5.74) is 7.77. The van der Waals surface area contributed by atoms with Crippen LogP contribution in [0.3, 0.4) is 0 Å². The Balaban J connectivity index is 2.57. The Hall–Kier alpha value is -1.35. The van der Waals surface area contributed by atoms with Gasteiger partial charge in [0.1, 0.15) is 0 Å². The Morgan fingerprint density at radius 2 is 2.25 bits per heavy atom. The fraction of sp³-hybridized carbons (Fsp3) is 0.222. The van der Waals surface area contributed by atoms with E-state index in [0.29, 0.717) is 6.54 Å². The molecule has 0 aliphatic carbocycles. The minimum Gasteiger partial charge on any atom is -0.330 e. The van der Waals surface area contributed by atoms with Crippen LogP contribution in [0, 0.1) is 0 Å². The minimum atomic E-state index is 0.666. The lowest BCUT2D eigenvalue weighted by Crippen LogP contribution is -2.07. The highest BCUT2D eigenvalue weighted by Crippen LogP contribution is 2.05. The van der Waals surface area contributed by atoms with Crippen LogP contribution >= 0.6 is 0 Å². The van der Waals surface area contributed by atoms with Gasteiger partial charge in [0.2, 0.25) is 0 Å². The summed E-state index contributed by atoms with van der Waals surface area (Å²) in [5.74, 6) is 0. The smallest absolute Gasteiger partial charge is 0.0664 e. The van der Waals surface area contributed by atoms with Gasteiger partial charge in [0.15, 0.2) is 0 Å². The van der Waals surface area contributed by atoms with Crippen LogP contribution in [-0.4, -0.2) is 16.2 Å². The van der Waals surface area contributed by atoms with Crippen LogP contribution in [-0.2, 0) is 6.42 Å². The zero-order valence-corrected chi connectivity index (χ0v) is 6.77. The molecule has 0 spiro atoms. The van der Waals surface area contributed by atoms with Crippen LogP contribution < -0.4 is 5.73 Å². The van der Waals surface area contributed by atoms with Gasteiger partial charge in [-0.1, -0.05) is 6.07 Å². The van der Waals surface area contributed by atoms with Gasteiger partial charge in [0.05, 0.1) is 5.52 Å². The quantitative estimate of drug-likeness (QED) is 0.709. The topological polar surface area (TPSA) is 43.3 Å². The molecule has 0 aliphatic rings. The van der Waals surface area contributed by atoms with E-state index in [1.54, 1.807) is 6.20 Å². The molecule has 0 fully saturated rings. The Morgan fingerprint density at radius 3 is 3.08 bits per heavy atom. The van der Waals surface area contributed by atoms with E-state index in [2.05, 4.69) is 5.10 Å². The number of fused-ring (bicyclic) bond motifs is 1. The predicted octanol–water partition coefficient (Wildman–Crippen LogP) is 0.835. The van der Waals surface area contributed by atoms with Crippen molar-refractivity contribution < 1.29 is 0 Å². The molecule has 2 aromatic heterocycles. The molecule has 2 aromatic rings. The summed E-state index contributed by atoms with van der Waals surface area (Å²) >= 11 is 0. The molecule has 0 bridgehead atoms. The molecule has 0 aliphatic heterocycles. The second-order valence-corrected chi connectivity index (χ2v) is 2.72. The Kier molecular flexibility index (Phi) is 1.80. The number of pyridine rings is 1. The number of nitrogens with zero attached hydrogens (tertiary/aromatic N) is 2. The van der Waals surface area contributed by atoms with Gasteiger partial charge in [0.25, 0.3) is 0 Å². The third-order valence-corrected chi connectivity index (χ3v) is 1.90. The van der Waals surface area contributed by atoms with Crippen molar-refractivity contribution in [2.24, 2.45) is 5.73 Å². The summed E-state index contributed by atoms with van der Waals surface area (Å²) < 4.78 is 1.92. The lowest BCUT2D eigenvalue weighted by atomic mass is 10.2. The molecule has 2 rings (SSSR count). The summed E-state index contributed by atoms with van der Waals surface area (Å²) in [5, 5.41) is 4.20. The zero-order valence-electron chi connectivity index (χ0n) is 6.77. The van der Waals surface area contributed by atoms with Crippen LogP contribution in [0.1, 0.15) is 5.69 Å². The molecule has 0 saturated carbocycles. The van der Waals surface area contributed by atoms with Gasteiger partial charge >= 0.3 is 0 Å². The third-order valence-electron chi connectivity index (χ3n) is 1.90. The van der Waals surface area contributed by atoms with Crippen molar-refractivity contribution >= 4 is 5.52 Å². The molecule has 12 heavy (non-hydrogen) atoms. The van der Waals surface area contributed by atoms with Gasteiger partial charge in [-0.05, 0) is 24.7 Å². The van der Waals surface area contributed by atoms with Gasteiger partial charge in [-0.3, -0.25) is 0 Å². The molecular weight excluding hydrogens is 150 g/mol. The molecule has 0 aromatic carbocycles. The van der Waals surface area contributed by atoms with Crippen molar-refractivity contribution in [3.63, 3.8) is 0 Å². The first-order chi connectivity index (χ1) is 5.92. The molecule has 0 saturated heterocycles. The number of nitrogens with two attached hydrogens (primary N) is 1. The Labute approximate surface area is 70.8 Å². The highest BCUT2D eigenvalue weighted by atomic mass is 15.2. The lowest BCUT2D eigenvalue weighted by Gasteiger charge is -2.01. The molecular formula is C9H11N3. The van der Waals surface area contributed by atoms with Gasteiger partial charge in [-0.15, -0.1) is 0 Å². The van der Waals surface area contributed by atoms with E-state index in [0.717, 1.165) is 11.9 Å². The van der Waals surface area contributed by atoms with E-state index >= 15 is 0 Å². The SMILES string of the molecule is NCCc1cccc2ccnn12. The van der Waals surface area contributed by atoms with E-state index in [1.807, 2.05) is 28.8 Å². The molecule has 0 atom stereocenters. The molecule has 62 valence electrons. The Bertz CT molecular complexity index is 378. The minimum absolute atomic E-state index is 0.666. The van der Waals surface area contributed by atoms with Gasteiger partial charge < -0.3 is 5.73 Å². The highest BCUT2D eigenvalue weighted by Gasteiger charge is 1.97. The van der Waals surface area contributed by atoms with E-state index in [4.69, 9.17) is 5.73 Å². The van der Waals surface area contributed by atoms with Crippen molar-refractivity contribution in [3.05, 3.63) is 36.2 Å². The molecule has 3 heteroatoms. The van der Waals surface area contributed by atoms with Crippen LogP contribution in [0.4, 0.5) is 0 Å². The first-order valence-electron chi connectivity index (χ1n) is 4.03. The van der Waals surface area contributed by atoms with Gasteiger partial charge in [-0.2, -0.15) is 5.10 Å². The number of hydrogen-bond donors (Lipinski definition) is 1.